The summed E-state index contributed by atoms with van der Waals surface area (Å²) in [5.74, 6) is 0.584. The van der Waals surface area contributed by atoms with Crippen molar-refractivity contribution in [2.75, 3.05) is 20.1 Å². The van der Waals surface area contributed by atoms with Gasteiger partial charge in [-0.1, -0.05) is 0 Å². The summed E-state index contributed by atoms with van der Waals surface area (Å²) in [7, 11) is 1.93. The number of hydrogen-bond donors (Lipinski definition) is 1. The van der Waals surface area contributed by atoms with Crippen LogP contribution in [0.1, 0.15) is 32.6 Å². The van der Waals surface area contributed by atoms with Crippen LogP contribution >= 0.6 is 0 Å². The van der Waals surface area contributed by atoms with Crippen molar-refractivity contribution < 1.29 is 0 Å². The molecule has 0 radical (unpaired) electrons. The minimum absolute atomic E-state index is 0.279. The molecule has 2 aliphatic rings. The predicted molar refractivity (Wildman–Crippen MR) is 60.4 cm³/mol. The Hall–Kier alpha value is -0.590. The Morgan fingerprint density at radius 3 is 2.60 bits per heavy atom. The van der Waals surface area contributed by atoms with Gasteiger partial charge in [0.25, 0.3) is 0 Å². The van der Waals surface area contributed by atoms with E-state index in [1.807, 2.05) is 7.05 Å². The number of nitrogens with one attached hydrogen (secondary N) is 1. The molecule has 1 N–H and O–H groups in total. The Bertz CT molecular complexity index is 267. The zero-order valence-electron chi connectivity index (χ0n) is 9.79. The molecule has 2 unspecified atom stereocenters. The molecule has 15 heavy (non-hydrogen) atoms. The third kappa shape index (κ3) is 2.02. The monoisotopic (exact) mass is 207 g/mol. The second-order valence-corrected chi connectivity index (χ2v) is 5.07. The number of likely N-dealkylation sites (tertiary alicyclic amines) is 1. The molecule has 1 aliphatic heterocycles. The van der Waals surface area contributed by atoms with Gasteiger partial charge in [0.15, 0.2) is 0 Å². The standard InChI is InChI=1S/C12H21N3/c1-10-4-3-7-15(10)9-12(8-13,14-2)11-5-6-11/h10-11,14H,3-7,9H2,1-2H3. The highest BCUT2D eigenvalue weighted by molar-refractivity contribution is 5.16. The Labute approximate surface area is 92.4 Å². The van der Waals surface area contributed by atoms with E-state index in [1.165, 1.54) is 32.2 Å². The zero-order chi connectivity index (χ0) is 10.9. The van der Waals surface area contributed by atoms with E-state index in [-0.39, 0.29) is 5.54 Å². The fourth-order valence-corrected chi connectivity index (χ4v) is 2.72. The van der Waals surface area contributed by atoms with Crippen LogP contribution in [0.5, 0.6) is 0 Å². The molecule has 0 aromatic heterocycles. The normalized spacial score (nSPS) is 31.1. The lowest BCUT2D eigenvalue weighted by molar-refractivity contribution is 0.197. The fourth-order valence-electron chi connectivity index (χ4n) is 2.72. The Kier molecular flexibility index (Phi) is 2.99. The molecule has 3 heteroatoms. The lowest BCUT2D eigenvalue weighted by Crippen LogP contribution is -2.53. The minimum Gasteiger partial charge on any atom is -0.301 e. The van der Waals surface area contributed by atoms with Crippen molar-refractivity contribution in [3.63, 3.8) is 0 Å². The summed E-state index contributed by atoms with van der Waals surface area (Å²) >= 11 is 0. The minimum atomic E-state index is -0.279. The first-order chi connectivity index (χ1) is 7.22. The van der Waals surface area contributed by atoms with E-state index in [2.05, 4.69) is 23.2 Å². The Morgan fingerprint density at radius 2 is 2.20 bits per heavy atom. The molecule has 0 aromatic rings. The lowest BCUT2D eigenvalue weighted by atomic mass is 9.94. The highest BCUT2D eigenvalue weighted by Gasteiger charge is 2.46. The summed E-state index contributed by atoms with van der Waals surface area (Å²) in [5, 5.41) is 12.7. The van der Waals surface area contributed by atoms with Crippen LogP contribution in [-0.4, -0.2) is 36.6 Å². The summed E-state index contributed by atoms with van der Waals surface area (Å²) in [5.41, 5.74) is -0.279. The topological polar surface area (TPSA) is 39.1 Å². The Balaban J connectivity index is 2.03. The van der Waals surface area contributed by atoms with Crippen molar-refractivity contribution in [3.05, 3.63) is 0 Å². The molecule has 3 nitrogen and oxygen atoms in total. The van der Waals surface area contributed by atoms with Gasteiger partial charge in [0, 0.05) is 12.6 Å². The van der Waals surface area contributed by atoms with Crippen molar-refractivity contribution in [1.29, 1.82) is 5.26 Å². The average molecular weight is 207 g/mol. The molecule has 0 bridgehead atoms. The molecular formula is C12H21N3. The van der Waals surface area contributed by atoms with Crippen molar-refractivity contribution in [1.82, 2.24) is 10.2 Å². The SMILES string of the molecule is CNC(C#N)(CN1CCCC1C)C1CC1. The van der Waals surface area contributed by atoms with Crippen LogP contribution in [0.15, 0.2) is 0 Å². The number of nitriles is 1. The van der Waals surface area contributed by atoms with E-state index < -0.39 is 0 Å². The van der Waals surface area contributed by atoms with Crippen molar-refractivity contribution in [3.8, 4) is 6.07 Å². The van der Waals surface area contributed by atoms with Gasteiger partial charge in [-0.25, -0.2) is 0 Å². The molecule has 0 aromatic carbocycles. The summed E-state index contributed by atoms with van der Waals surface area (Å²) in [6.45, 7) is 4.35. The van der Waals surface area contributed by atoms with Gasteiger partial charge in [-0.05, 0) is 52.1 Å². The van der Waals surface area contributed by atoms with Crippen LogP contribution in [0.2, 0.25) is 0 Å². The average Bonchev–Trinajstić information content (AvgIpc) is 3.02. The molecule has 0 amide bonds. The second-order valence-electron chi connectivity index (χ2n) is 5.07. The predicted octanol–water partition coefficient (Wildman–Crippen LogP) is 1.36. The molecule has 84 valence electrons. The van der Waals surface area contributed by atoms with Gasteiger partial charge in [0.2, 0.25) is 0 Å². The maximum absolute atomic E-state index is 9.39. The first kappa shape index (κ1) is 10.9. The molecule has 2 fully saturated rings. The second kappa shape index (κ2) is 4.11. The van der Waals surface area contributed by atoms with Crippen LogP contribution < -0.4 is 5.32 Å². The van der Waals surface area contributed by atoms with Crippen LogP contribution in [-0.2, 0) is 0 Å². The number of hydrogen-bond acceptors (Lipinski definition) is 3. The largest absolute Gasteiger partial charge is 0.301 e. The quantitative estimate of drug-likeness (QED) is 0.756. The van der Waals surface area contributed by atoms with Crippen LogP contribution in [0.25, 0.3) is 0 Å². The van der Waals surface area contributed by atoms with E-state index in [0.717, 1.165) is 6.54 Å². The molecular weight excluding hydrogens is 186 g/mol. The van der Waals surface area contributed by atoms with Gasteiger partial charge in [-0.3, -0.25) is 4.90 Å². The zero-order valence-corrected chi connectivity index (χ0v) is 9.79. The van der Waals surface area contributed by atoms with E-state index >= 15 is 0 Å². The van der Waals surface area contributed by atoms with E-state index in [0.29, 0.717) is 12.0 Å². The van der Waals surface area contributed by atoms with Crippen molar-refractivity contribution >= 4 is 0 Å². The number of rotatable bonds is 4. The number of likely N-dealkylation sites (N-methyl/N-ethyl adjacent to an activating group) is 1. The first-order valence-corrected chi connectivity index (χ1v) is 6.06. The molecule has 0 spiro atoms. The maximum atomic E-state index is 9.39. The van der Waals surface area contributed by atoms with Crippen LogP contribution in [0.3, 0.4) is 0 Å². The van der Waals surface area contributed by atoms with Gasteiger partial charge in [-0.15, -0.1) is 0 Å². The highest BCUT2D eigenvalue weighted by Crippen LogP contribution is 2.40. The van der Waals surface area contributed by atoms with E-state index in [1.54, 1.807) is 0 Å². The summed E-state index contributed by atoms with van der Waals surface area (Å²) < 4.78 is 0. The van der Waals surface area contributed by atoms with Crippen molar-refractivity contribution in [2.45, 2.75) is 44.2 Å². The van der Waals surface area contributed by atoms with Gasteiger partial charge in [0.05, 0.1) is 6.07 Å². The Morgan fingerprint density at radius 1 is 1.47 bits per heavy atom. The van der Waals surface area contributed by atoms with Crippen LogP contribution in [0, 0.1) is 17.2 Å². The van der Waals surface area contributed by atoms with Crippen LogP contribution in [0.4, 0.5) is 0 Å². The lowest BCUT2D eigenvalue weighted by Gasteiger charge is -2.33. The summed E-state index contributed by atoms with van der Waals surface area (Å²) in [6.07, 6.45) is 5.01. The van der Waals surface area contributed by atoms with Gasteiger partial charge in [-0.2, -0.15) is 5.26 Å². The molecule has 2 rings (SSSR count). The molecule has 1 heterocycles. The third-order valence-corrected chi connectivity index (χ3v) is 4.06. The van der Waals surface area contributed by atoms with E-state index in [9.17, 15) is 5.26 Å². The smallest absolute Gasteiger partial charge is 0.122 e. The fraction of sp³-hybridized carbons (Fsp3) is 0.917. The van der Waals surface area contributed by atoms with Gasteiger partial charge < -0.3 is 5.32 Å². The first-order valence-electron chi connectivity index (χ1n) is 6.06. The van der Waals surface area contributed by atoms with Crippen molar-refractivity contribution in [2.24, 2.45) is 5.92 Å². The van der Waals surface area contributed by atoms with E-state index in [4.69, 9.17) is 0 Å². The molecule has 1 saturated heterocycles. The molecule has 2 atom stereocenters. The molecule has 1 saturated carbocycles. The highest BCUT2D eigenvalue weighted by atomic mass is 15.2. The van der Waals surface area contributed by atoms with Gasteiger partial charge >= 0.3 is 0 Å². The molecule has 1 aliphatic carbocycles. The maximum Gasteiger partial charge on any atom is 0.122 e. The van der Waals surface area contributed by atoms with Gasteiger partial charge in [0.1, 0.15) is 5.54 Å². The summed E-state index contributed by atoms with van der Waals surface area (Å²) in [6, 6.07) is 3.18. The number of nitrogens with zero attached hydrogens (tertiary/aromatic N) is 2. The summed E-state index contributed by atoms with van der Waals surface area (Å²) in [4.78, 5) is 2.47. The third-order valence-electron chi connectivity index (χ3n) is 4.06.